The molecule has 2 rings (SSSR count). The van der Waals surface area contributed by atoms with Crippen LogP contribution in [0.3, 0.4) is 0 Å². The summed E-state index contributed by atoms with van der Waals surface area (Å²) < 4.78 is 39.1. The lowest BCUT2D eigenvalue weighted by atomic mass is 10.0. The number of allylic oxidation sites excluding steroid dienone is 7. The van der Waals surface area contributed by atoms with E-state index in [1.165, 1.54) is 40.6 Å². The number of aromatic nitrogens is 1. The average molecular weight is 554 g/mol. The van der Waals surface area contributed by atoms with Crippen molar-refractivity contribution in [2.24, 2.45) is 0 Å². The number of nitrogens with zero attached hydrogens (tertiary/aromatic N) is 1. The highest BCUT2D eigenvalue weighted by molar-refractivity contribution is 5.99. The van der Waals surface area contributed by atoms with Crippen molar-refractivity contribution < 1.29 is 18.0 Å². The normalized spacial score (nSPS) is 12.8. The van der Waals surface area contributed by atoms with Crippen molar-refractivity contribution in [1.82, 2.24) is 10.3 Å². The third kappa shape index (κ3) is 12.5. The summed E-state index contributed by atoms with van der Waals surface area (Å²) >= 11 is 0. The maximum absolute atomic E-state index is 13.0. The van der Waals surface area contributed by atoms with Crippen molar-refractivity contribution in [3.63, 3.8) is 0 Å². The highest BCUT2D eigenvalue weighted by atomic mass is 19.4. The zero-order valence-corrected chi connectivity index (χ0v) is 24.3. The molecule has 216 valence electrons. The van der Waals surface area contributed by atoms with Gasteiger partial charge in [-0.15, -0.1) is 0 Å². The standard InChI is InChI=1S/C33H42F3N3O/c1-24(2)11-6-12-25(3)13-7-14-26(4)15-8-16-27(5)20-22-38-32(40)30-19-10-21-37-31(30)39-29-18-9-17-28(23-29)33(34,35)36/h9-11,13,15,17-21,23H,6-8,12,14,16,22H2,1-5H3,(H,37,39)(H,38,40)/b25-13+,26-15+,27-20+. The van der Waals surface area contributed by atoms with Gasteiger partial charge in [-0.3, -0.25) is 4.79 Å². The molecule has 0 aliphatic heterocycles. The van der Waals surface area contributed by atoms with E-state index >= 15 is 0 Å². The quantitative estimate of drug-likeness (QED) is 0.229. The first-order chi connectivity index (χ1) is 19.0. The van der Waals surface area contributed by atoms with Crippen LogP contribution in [0.25, 0.3) is 0 Å². The number of amides is 1. The molecule has 1 heterocycles. The number of anilines is 2. The van der Waals surface area contributed by atoms with Gasteiger partial charge in [-0.2, -0.15) is 13.2 Å². The molecule has 0 atom stereocenters. The highest BCUT2D eigenvalue weighted by Gasteiger charge is 2.30. The van der Waals surface area contributed by atoms with Crippen LogP contribution < -0.4 is 10.6 Å². The summed E-state index contributed by atoms with van der Waals surface area (Å²) in [5, 5.41) is 5.69. The van der Waals surface area contributed by atoms with E-state index in [-0.39, 0.29) is 23.0 Å². The van der Waals surface area contributed by atoms with Crippen LogP contribution in [-0.4, -0.2) is 17.4 Å². The van der Waals surface area contributed by atoms with Gasteiger partial charge in [-0.25, -0.2) is 4.98 Å². The fraction of sp³-hybridized carbons (Fsp3) is 0.394. The maximum Gasteiger partial charge on any atom is 0.416 e. The topological polar surface area (TPSA) is 54.0 Å². The molecule has 2 aromatic rings. The van der Waals surface area contributed by atoms with Crippen molar-refractivity contribution >= 4 is 17.4 Å². The zero-order valence-electron chi connectivity index (χ0n) is 24.3. The Morgan fingerprint density at radius 2 is 1.43 bits per heavy atom. The number of halogens is 3. The molecular weight excluding hydrogens is 511 g/mol. The summed E-state index contributed by atoms with van der Waals surface area (Å²) in [6.07, 6.45) is 12.1. The largest absolute Gasteiger partial charge is 0.416 e. The Bertz CT molecular complexity index is 1240. The van der Waals surface area contributed by atoms with E-state index in [4.69, 9.17) is 0 Å². The van der Waals surface area contributed by atoms with Crippen LogP contribution in [0.2, 0.25) is 0 Å². The van der Waals surface area contributed by atoms with Crippen molar-refractivity contribution in [1.29, 1.82) is 0 Å². The van der Waals surface area contributed by atoms with E-state index < -0.39 is 11.7 Å². The Labute approximate surface area is 237 Å². The van der Waals surface area contributed by atoms with Gasteiger partial charge < -0.3 is 10.6 Å². The molecule has 2 N–H and O–H groups in total. The fourth-order valence-corrected chi connectivity index (χ4v) is 4.00. The minimum absolute atomic E-state index is 0.193. The van der Waals surface area contributed by atoms with Crippen molar-refractivity contribution in [3.05, 3.63) is 100 Å². The summed E-state index contributed by atoms with van der Waals surface area (Å²) in [5.74, 6) is -0.162. The lowest BCUT2D eigenvalue weighted by molar-refractivity contribution is -0.137. The number of benzene rings is 1. The lowest BCUT2D eigenvalue weighted by Crippen LogP contribution is -2.24. The first kappa shape index (κ1) is 32.6. The number of rotatable bonds is 14. The molecule has 1 aromatic heterocycles. The Morgan fingerprint density at radius 3 is 2.02 bits per heavy atom. The number of carbonyl (C=O) groups is 1. The van der Waals surface area contributed by atoms with Gasteiger partial charge in [-0.1, -0.05) is 52.7 Å². The minimum atomic E-state index is -4.46. The summed E-state index contributed by atoms with van der Waals surface area (Å²) in [7, 11) is 0. The number of pyridine rings is 1. The Kier molecular flexibility index (Phi) is 13.4. The summed E-state index contributed by atoms with van der Waals surface area (Å²) in [5.41, 5.74) is 5.04. The number of hydrogen-bond acceptors (Lipinski definition) is 3. The third-order valence-electron chi connectivity index (χ3n) is 6.37. The molecule has 7 heteroatoms. The van der Waals surface area contributed by atoms with Gasteiger partial charge in [-0.05, 0) is 103 Å². The van der Waals surface area contributed by atoms with Gasteiger partial charge in [0.15, 0.2) is 0 Å². The van der Waals surface area contributed by atoms with E-state index in [9.17, 15) is 18.0 Å². The minimum Gasteiger partial charge on any atom is -0.348 e. The van der Waals surface area contributed by atoms with Crippen LogP contribution in [0.1, 0.15) is 89.1 Å². The van der Waals surface area contributed by atoms with Crippen LogP contribution >= 0.6 is 0 Å². The van der Waals surface area contributed by atoms with Gasteiger partial charge in [0.2, 0.25) is 0 Å². The van der Waals surface area contributed by atoms with E-state index in [1.54, 1.807) is 12.1 Å². The highest BCUT2D eigenvalue weighted by Crippen LogP contribution is 2.31. The lowest BCUT2D eigenvalue weighted by Gasteiger charge is -2.13. The molecule has 40 heavy (non-hydrogen) atoms. The van der Waals surface area contributed by atoms with Gasteiger partial charge in [0.25, 0.3) is 5.91 Å². The Hall–Kier alpha value is -3.61. The van der Waals surface area contributed by atoms with Crippen LogP contribution in [0, 0.1) is 0 Å². The van der Waals surface area contributed by atoms with Crippen molar-refractivity contribution in [2.45, 2.75) is 79.3 Å². The Morgan fingerprint density at radius 1 is 0.825 bits per heavy atom. The predicted molar refractivity (Wildman–Crippen MR) is 160 cm³/mol. The van der Waals surface area contributed by atoms with Crippen LogP contribution in [0.15, 0.2) is 89.2 Å². The second-order valence-electron chi connectivity index (χ2n) is 10.4. The molecule has 0 aliphatic rings. The van der Waals surface area contributed by atoms with E-state index in [1.807, 2.05) is 13.0 Å². The monoisotopic (exact) mass is 553 g/mol. The van der Waals surface area contributed by atoms with Gasteiger partial charge in [0, 0.05) is 18.4 Å². The molecule has 0 spiro atoms. The molecule has 4 nitrogen and oxygen atoms in total. The first-order valence-electron chi connectivity index (χ1n) is 13.7. The second kappa shape index (κ2) is 16.5. The summed E-state index contributed by atoms with van der Waals surface area (Å²) in [6, 6.07) is 8.00. The van der Waals surface area contributed by atoms with Gasteiger partial charge in [0.05, 0.1) is 11.1 Å². The molecule has 1 aromatic carbocycles. The smallest absolute Gasteiger partial charge is 0.348 e. The van der Waals surface area contributed by atoms with Crippen molar-refractivity contribution in [3.8, 4) is 0 Å². The van der Waals surface area contributed by atoms with Crippen molar-refractivity contribution in [2.75, 3.05) is 11.9 Å². The Balaban J connectivity index is 1.82. The second-order valence-corrected chi connectivity index (χ2v) is 10.4. The first-order valence-corrected chi connectivity index (χ1v) is 13.7. The number of alkyl halides is 3. The van der Waals surface area contributed by atoms with Crippen LogP contribution in [0.5, 0.6) is 0 Å². The molecule has 0 radical (unpaired) electrons. The average Bonchev–Trinajstić information content (AvgIpc) is 2.88. The molecule has 0 unspecified atom stereocenters. The SMILES string of the molecule is CC(C)=CCC/C(C)=C/CC/C(C)=C/CC/C(C)=C/CNC(=O)c1cccnc1Nc1cccc(C(F)(F)F)c1. The van der Waals surface area contributed by atoms with E-state index in [0.29, 0.717) is 6.54 Å². The van der Waals surface area contributed by atoms with Gasteiger partial charge >= 0.3 is 6.18 Å². The number of nitrogens with one attached hydrogen (secondary N) is 2. The maximum atomic E-state index is 13.0. The molecule has 0 fully saturated rings. The fourth-order valence-electron chi connectivity index (χ4n) is 4.00. The van der Waals surface area contributed by atoms with E-state index in [0.717, 1.165) is 50.7 Å². The van der Waals surface area contributed by atoms with Gasteiger partial charge in [0.1, 0.15) is 5.82 Å². The molecule has 0 saturated carbocycles. The zero-order chi connectivity index (χ0) is 29.5. The third-order valence-corrected chi connectivity index (χ3v) is 6.37. The van der Waals surface area contributed by atoms with Crippen LogP contribution in [0.4, 0.5) is 24.7 Å². The predicted octanol–water partition coefficient (Wildman–Crippen LogP) is 9.72. The summed E-state index contributed by atoms with van der Waals surface area (Å²) in [6.45, 7) is 11.0. The molecule has 1 amide bonds. The number of hydrogen-bond donors (Lipinski definition) is 2. The number of carbonyl (C=O) groups excluding carboxylic acids is 1. The van der Waals surface area contributed by atoms with Crippen LogP contribution in [-0.2, 0) is 6.18 Å². The molecule has 0 bridgehead atoms. The molecular formula is C33H42F3N3O. The molecule has 0 aliphatic carbocycles. The van der Waals surface area contributed by atoms with E-state index in [2.05, 4.69) is 61.5 Å². The molecule has 0 saturated heterocycles. The summed E-state index contributed by atoms with van der Waals surface area (Å²) in [4.78, 5) is 16.9.